The second-order valence-corrected chi connectivity index (χ2v) is 12.6. The van der Waals surface area contributed by atoms with Gasteiger partial charge in [-0.05, 0) is 38.0 Å². The van der Waals surface area contributed by atoms with Gasteiger partial charge in [0, 0.05) is 26.3 Å². The fourth-order valence-electron chi connectivity index (χ4n) is 7.12. The highest BCUT2D eigenvalue weighted by atomic mass is 16.6. The number of esters is 1. The number of carbonyl (C=O) groups is 2. The molecule has 0 spiro atoms. The molecule has 2 N–H and O–H groups in total. The molecule has 0 aromatic carbocycles. The van der Waals surface area contributed by atoms with Gasteiger partial charge in [-0.25, -0.2) is 4.98 Å². The predicted molar refractivity (Wildman–Crippen MR) is 160 cm³/mol. The number of nitrogens with one attached hydrogen (secondary N) is 2. The Morgan fingerprint density at radius 3 is 2.43 bits per heavy atom. The Bertz CT molecular complexity index is 1210. The van der Waals surface area contributed by atoms with Gasteiger partial charge in [-0.3, -0.25) is 19.5 Å². The second-order valence-electron chi connectivity index (χ2n) is 12.6. The highest BCUT2D eigenvalue weighted by Crippen LogP contribution is 2.40. The normalized spacial score (nSPS) is 26.3. The Kier molecular flexibility index (Phi) is 10.3. The van der Waals surface area contributed by atoms with E-state index in [9.17, 15) is 9.59 Å². The highest BCUT2D eigenvalue weighted by molar-refractivity contribution is 5.91. The van der Waals surface area contributed by atoms with Crippen LogP contribution in [0.4, 0.5) is 11.8 Å². The lowest BCUT2D eigenvalue weighted by molar-refractivity contribution is -0.149. The van der Waals surface area contributed by atoms with Gasteiger partial charge >= 0.3 is 5.97 Å². The number of hydrogen-bond donors (Lipinski definition) is 2. The van der Waals surface area contributed by atoms with Crippen molar-refractivity contribution in [3.63, 3.8) is 0 Å². The molecule has 2 aliphatic carbocycles. The summed E-state index contributed by atoms with van der Waals surface area (Å²) in [6, 6.07) is 0. The van der Waals surface area contributed by atoms with Crippen LogP contribution in [-0.2, 0) is 23.8 Å². The van der Waals surface area contributed by atoms with Crippen LogP contribution in [0.15, 0.2) is 6.33 Å². The molecule has 1 amide bonds. The fourth-order valence-corrected chi connectivity index (χ4v) is 7.12. The van der Waals surface area contributed by atoms with Gasteiger partial charge in [-0.2, -0.15) is 9.97 Å². The van der Waals surface area contributed by atoms with E-state index in [0.29, 0.717) is 35.2 Å². The quantitative estimate of drug-likeness (QED) is 0.323. The number of hydrogen-bond acceptors (Lipinski definition) is 9. The Labute approximate surface area is 248 Å². The van der Waals surface area contributed by atoms with Gasteiger partial charge in [0.2, 0.25) is 11.9 Å². The summed E-state index contributed by atoms with van der Waals surface area (Å²) in [5.41, 5.74) is 1.14. The van der Waals surface area contributed by atoms with Crippen LogP contribution in [0.5, 0.6) is 0 Å². The Hall–Kier alpha value is -2.79. The highest BCUT2D eigenvalue weighted by Gasteiger charge is 2.45. The third-order valence-electron chi connectivity index (χ3n) is 9.26. The van der Waals surface area contributed by atoms with Crippen molar-refractivity contribution in [1.82, 2.24) is 19.5 Å². The number of amides is 1. The van der Waals surface area contributed by atoms with Crippen molar-refractivity contribution < 1.29 is 23.8 Å². The van der Waals surface area contributed by atoms with E-state index in [2.05, 4.69) is 34.4 Å². The maximum atomic E-state index is 12.9. The maximum absolute atomic E-state index is 12.9. The van der Waals surface area contributed by atoms with E-state index in [0.717, 1.165) is 19.3 Å². The standard InChI is InChI=1S/C31H48N6O5/c1-19(15-22-11-7-5-8-12-22)41-27-20(2)30(42-24(27)17-40-21(3)38)37-18-33-26-28(32-4)35-31(36-29(26)37)34-25(39)16-23-13-9-6-10-14-23/h18-20,22-24,27,30H,5-17H2,1-4H3,(H2,32,34,35,36,39)/t19?,20-,24+,27-,30+/m0/s1. The van der Waals surface area contributed by atoms with Crippen LogP contribution in [0, 0.1) is 17.8 Å². The van der Waals surface area contributed by atoms with E-state index < -0.39 is 12.3 Å². The van der Waals surface area contributed by atoms with E-state index in [1.165, 1.54) is 58.3 Å². The maximum Gasteiger partial charge on any atom is 0.302 e. The van der Waals surface area contributed by atoms with Gasteiger partial charge in [0.15, 0.2) is 17.0 Å². The molecule has 3 heterocycles. The lowest BCUT2D eigenvalue weighted by atomic mass is 9.85. The number of nitrogens with zero attached hydrogens (tertiary/aromatic N) is 4. The molecular weight excluding hydrogens is 536 g/mol. The zero-order valence-corrected chi connectivity index (χ0v) is 25.6. The summed E-state index contributed by atoms with van der Waals surface area (Å²) in [6.07, 6.45) is 14.4. The molecule has 232 valence electrons. The molecule has 5 atom stereocenters. The first kappa shape index (κ1) is 30.7. The van der Waals surface area contributed by atoms with Crippen molar-refractivity contribution in [2.45, 2.75) is 122 Å². The van der Waals surface area contributed by atoms with Crippen molar-refractivity contribution >= 4 is 34.8 Å². The largest absolute Gasteiger partial charge is 0.463 e. The summed E-state index contributed by atoms with van der Waals surface area (Å²) >= 11 is 0. The number of anilines is 2. The van der Waals surface area contributed by atoms with E-state index in [4.69, 9.17) is 19.2 Å². The monoisotopic (exact) mass is 584 g/mol. The fraction of sp³-hybridized carbons (Fsp3) is 0.774. The van der Waals surface area contributed by atoms with E-state index in [1.807, 2.05) is 4.57 Å². The average Bonchev–Trinajstić information content (AvgIpc) is 3.53. The number of carbonyl (C=O) groups excluding carboxylic acids is 2. The van der Waals surface area contributed by atoms with Crippen LogP contribution in [0.3, 0.4) is 0 Å². The first-order valence-corrected chi connectivity index (χ1v) is 16.0. The molecule has 2 aromatic rings. The van der Waals surface area contributed by atoms with E-state index in [-0.39, 0.29) is 42.6 Å². The van der Waals surface area contributed by atoms with Gasteiger partial charge in [0.1, 0.15) is 18.9 Å². The minimum absolute atomic E-state index is 0.0615. The molecule has 1 saturated heterocycles. The van der Waals surface area contributed by atoms with Crippen molar-refractivity contribution in [1.29, 1.82) is 0 Å². The first-order valence-electron chi connectivity index (χ1n) is 16.0. The molecule has 2 aromatic heterocycles. The molecule has 1 aliphatic heterocycles. The number of imidazole rings is 1. The second kappa shape index (κ2) is 14.1. The molecule has 1 unspecified atom stereocenters. The summed E-state index contributed by atoms with van der Waals surface area (Å²) in [5.74, 6) is 1.38. The predicted octanol–water partition coefficient (Wildman–Crippen LogP) is 5.62. The molecule has 42 heavy (non-hydrogen) atoms. The molecule has 3 fully saturated rings. The number of aromatic nitrogens is 4. The summed E-state index contributed by atoms with van der Waals surface area (Å²) in [4.78, 5) is 38.4. The first-order chi connectivity index (χ1) is 20.3. The summed E-state index contributed by atoms with van der Waals surface area (Å²) in [7, 11) is 1.77. The van der Waals surface area contributed by atoms with Gasteiger partial charge in [-0.15, -0.1) is 0 Å². The zero-order chi connectivity index (χ0) is 29.6. The van der Waals surface area contributed by atoms with Gasteiger partial charge < -0.3 is 19.5 Å². The van der Waals surface area contributed by atoms with Crippen LogP contribution in [-0.4, -0.2) is 63.4 Å². The molecular formula is C31H48N6O5. The van der Waals surface area contributed by atoms with Gasteiger partial charge in [-0.1, -0.05) is 58.3 Å². The summed E-state index contributed by atoms with van der Waals surface area (Å²) in [6.45, 7) is 5.75. The lowest BCUT2D eigenvalue weighted by Gasteiger charge is -2.29. The van der Waals surface area contributed by atoms with Crippen LogP contribution < -0.4 is 10.6 Å². The Morgan fingerprint density at radius 2 is 1.76 bits per heavy atom. The minimum atomic E-state index is -0.451. The van der Waals surface area contributed by atoms with Gasteiger partial charge in [0.05, 0.1) is 18.5 Å². The third kappa shape index (κ3) is 7.40. The molecule has 0 radical (unpaired) electrons. The van der Waals surface area contributed by atoms with Crippen molar-refractivity contribution in [3.05, 3.63) is 6.33 Å². The molecule has 2 saturated carbocycles. The van der Waals surface area contributed by atoms with Gasteiger partial charge in [0.25, 0.3) is 0 Å². The summed E-state index contributed by atoms with van der Waals surface area (Å²) in [5, 5.41) is 6.02. The van der Waals surface area contributed by atoms with E-state index in [1.54, 1.807) is 13.4 Å². The number of rotatable bonds is 11. The molecule has 3 aliphatic rings. The molecule has 0 bridgehead atoms. The van der Waals surface area contributed by atoms with Crippen LogP contribution in [0.2, 0.25) is 0 Å². The van der Waals surface area contributed by atoms with Crippen LogP contribution >= 0.6 is 0 Å². The number of ether oxygens (including phenoxy) is 3. The van der Waals surface area contributed by atoms with Crippen LogP contribution in [0.1, 0.15) is 104 Å². The summed E-state index contributed by atoms with van der Waals surface area (Å²) < 4.78 is 20.5. The molecule has 11 heteroatoms. The molecule has 5 rings (SSSR count). The minimum Gasteiger partial charge on any atom is -0.463 e. The number of fused-ring (bicyclic) bond motifs is 1. The van der Waals surface area contributed by atoms with Crippen molar-refractivity contribution in [2.75, 3.05) is 24.3 Å². The van der Waals surface area contributed by atoms with Crippen molar-refractivity contribution in [3.8, 4) is 0 Å². The van der Waals surface area contributed by atoms with Crippen molar-refractivity contribution in [2.24, 2.45) is 17.8 Å². The Balaban J connectivity index is 1.35. The molecule has 11 nitrogen and oxygen atoms in total. The Morgan fingerprint density at radius 1 is 1.07 bits per heavy atom. The van der Waals surface area contributed by atoms with E-state index >= 15 is 0 Å². The average molecular weight is 585 g/mol. The smallest absolute Gasteiger partial charge is 0.302 e. The lowest BCUT2D eigenvalue weighted by Crippen LogP contribution is -2.36. The topological polar surface area (TPSA) is 129 Å². The SMILES string of the molecule is CNc1nc(NC(=O)CC2CCCCC2)nc2c1ncn2[C@@H]1O[C@H](COC(C)=O)[C@@H](OC(C)CC2CCCCC2)[C@@H]1C. The third-order valence-corrected chi connectivity index (χ3v) is 9.26. The zero-order valence-electron chi connectivity index (χ0n) is 25.6. The van der Waals surface area contributed by atoms with Crippen LogP contribution in [0.25, 0.3) is 11.2 Å².